The average molecular weight is 305 g/mol. The molecule has 20 heavy (non-hydrogen) atoms. The number of hydrogen-bond acceptors (Lipinski definition) is 4. The van der Waals surface area contributed by atoms with Crippen LogP contribution in [0.4, 0.5) is 0 Å². The van der Waals surface area contributed by atoms with Gasteiger partial charge in [0, 0.05) is 17.8 Å². The van der Waals surface area contributed by atoms with Gasteiger partial charge in [-0.1, -0.05) is 20.3 Å². The Kier molecular flexibility index (Phi) is 6.95. The molecule has 0 amide bonds. The molecule has 1 heterocycles. The second-order valence-electron chi connectivity index (χ2n) is 6.29. The summed E-state index contributed by atoms with van der Waals surface area (Å²) in [6, 6.07) is 0.241. The summed E-state index contributed by atoms with van der Waals surface area (Å²) in [5.74, 6) is 0.272. The van der Waals surface area contributed by atoms with Crippen LogP contribution in [0.25, 0.3) is 0 Å². The number of sulfone groups is 1. The van der Waals surface area contributed by atoms with Crippen LogP contribution >= 0.6 is 0 Å². The maximum atomic E-state index is 11.5. The predicted molar refractivity (Wildman–Crippen MR) is 85.9 cm³/mol. The molecule has 0 aromatic rings. The Hall–Kier alpha value is -0.130. The molecule has 0 saturated carbocycles. The highest BCUT2D eigenvalue weighted by atomic mass is 32.2. The average Bonchev–Trinajstić information content (AvgIpc) is 2.42. The van der Waals surface area contributed by atoms with Gasteiger partial charge < -0.3 is 5.32 Å². The number of nitrogens with zero attached hydrogens (tertiary/aromatic N) is 1. The zero-order valence-corrected chi connectivity index (χ0v) is 14.4. The van der Waals surface area contributed by atoms with Gasteiger partial charge in [0.2, 0.25) is 0 Å². The van der Waals surface area contributed by atoms with Crippen LogP contribution in [0.1, 0.15) is 52.9 Å². The van der Waals surface area contributed by atoms with Crippen LogP contribution in [-0.2, 0) is 9.84 Å². The highest BCUT2D eigenvalue weighted by Gasteiger charge is 2.38. The van der Waals surface area contributed by atoms with E-state index in [0.29, 0.717) is 6.42 Å². The standard InChI is InChI=1S/C15H32N2O2S/c1-5-15(3,17-11-8-7-9-12-17)14(16-6-2)10-13-20(4,18)19/h14,16H,5-13H2,1-4H3. The lowest BCUT2D eigenvalue weighted by molar-refractivity contribution is 0.0424. The number of hydrogen-bond donors (Lipinski definition) is 1. The summed E-state index contributed by atoms with van der Waals surface area (Å²) in [6.07, 6.45) is 6.94. The SMILES string of the molecule is CCNC(CCS(C)(=O)=O)C(C)(CC)N1CCCCC1. The van der Waals surface area contributed by atoms with Crippen molar-refractivity contribution >= 4 is 9.84 Å². The molecule has 1 N–H and O–H groups in total. The number of nitrogens with one attached hydrogen (secondary N) is 1. The fourth-order valence-electron chi connectivity index (χ4n) is 3.31. The van der Waals surface area contributed by atoms with Gasteiger partial charge in [-0.05, 0) is 52.2 Å². The molecule has 0 aromatic carbocycles. The Labute approximate surface area is 125 Å². The van der Waals surface area contributed by atoms with Crippen LogP contribution in [0.2, 0.25) is 0 Å². The molecule has 0 aromatic heterocycles. The molecule has 4 nitrogen and oxygen atoms in total. The van der Waals surface area contributed by atoms with Crippen molar-refractivity contribution in [3.8, 4) is 0 Å². The molecule has 120 valence electrons. The molecule has 1 fully saturated rings. The van der Waals surface area contributed by atoms with Crippen LogP contribution in [0, 0.1) is 0 Å². The molecule has 0 spiro atoms. The monoisotopic (exact) mass is 304 g/mol. The van der Waals surface area contributed by atoms with Crippen molar-refractivity contribution in [1.29, 1.82) is 0 Å². The van der Waals surface area contributed by atoms with Gasteiger partial charge >= 0.3 is 0 Å². The van der Waals surface area contributed by atoms with E-state index in [0.717, 1.165) is 26.1 Å². The van der Waals surface area contributed by atoms with Crippen molar-refractivity contribution in [2.45, 2.75) is 64.5 Å². The molecule has 2 unspecified atom stereocenters. The smallest absolute Gasteiger partial charge is 0.147 e. The first-order valence-corrected chi connectivity index (χ1v) is 10.1. The van der Waals surface area contributed by atoms with E-state index in [2.05, 4.69) is 31.0 Å². The van der Waals surface area contributed by atoms with Crippen molar-refractivity contribution in [2.24, 2.45) is 0 Å². The predicted octanol–water partition coefficient (Wildman–Crippen LogP) is 2.05. The normalized spacial score (nSPS) is 22.4. The number of piperidine rings is 1. The van der Waals surface area contributed by atoms with Gasteiger partial charge in [-0.2, -0.15) is 0 Å². The minimum atomic E-state index is -2.90. The fraction of sp³-hybridized carbons (Fsp3) is 1.00. The van der Waals surface area contributed by atoms with E-state index < -0.39 is 9.84 Å². The molecule has 5 heteroatoms. The molecule has 1 saturated heterocycles. The number of rotatable bonds is 8. The van der Waals surface area contributed by atoms with Gasteiger partial charge in [-0.3, -0.25) is 4.90 Å². The van der Waals surface area contributed by atoms with Crippen LogP contribution in [0.3, 0.4) is 0 Å². The molecule has 0 bridgehead atoms. The maximum Gasteiger partial charge on any atom is 0.147 e. The molecule has 1 aliphatic heterocycles. The van der Waals surface area contributed by atoms with Crippen molar-refractivity contribution in [1.82, 2.24) is 10.2 Å². The van der Waals surface area contributed by atoms with Gasteiger partial charge in [-0.15, -0.1) is 0 Å². The summed E-state index contributed by atoms with van der Waals surface area (Å²) in [5.41, 5.74) is 0.0567. The first-order valence-electron chi connectivity index (χ1n) is 7.99. The van der Waals surface area contributed by atoms with E-state index in [-0.39, 0.29) is 17.3 Å². The van der Waals surface area contributed by atoms with E-state index in [1.165, 1.54) is 25.5 Å². The van der Waals surface area contributed by atoms with Gasteiger partial charge in [-0.25, -0.2) is 8.42 Å². The maximum absolute atomic E-state index is 11.5. The third-order valence-corrected chi connectivity index (χ3v) is 5.75. The molecule has 0 radical (unpaired) electrons. The van der Waals surface area contributed by atoms with Gasteiger partial charge in [0.1, 0.15) is 9.84 Å². The molecule has 1 rings (SSSR count). The molecule has 1 aliphatic rings. The summed E-state index contributed by atoms with van der Waals surface area (Å²) in [4.78, 5) is 2.58. The van der Waals surface area contributed by atoms with Crippen molar-refractivity contribution < 1.29 is 8.42 Å². The lowest BCUT2D eigenvalue weighted by atomic mass is 9.84. The highest BCUT2D eigenvalue weighted by molar-refractivity contribution is 7.90. The fourth-order valence-corrected chi connectivity index (χ4v) is 3.97. The van der Waals surface area contributed by atoms with E-state index in [1.54, 1.807) is 0 Å². The first kappa shape index (κ1) is 17.9. The van der Waals surface area contributed by atoms with Crippen LogP contribution < -0.4 is 5.32 Å². The van der Waals surface area contributed by atoms with Crippen molar-refractivity contribution in [2.75, 3.05) is 31.6 Å². The Morgan fingerprint density at radius 3 is 2.25 bits per heavy atom. The Balaban J connectivity index is 2.82. The van der Waals surface area contributed by atoms with E-state index in [4.69, 9.17) is 0 Å². The number of likely N-dealkylation sites (N-methyl/N-ethyl adjacent to an activating group) is 1. The quantitative estimate of drug-likeness (QED) is 0.746. The molecular formula is C15H32N2O2S. The third kappa shape index (κ3) is 5.01. The summed E-state index contributed by atoms with van der Waals surface area (Å²) >= 11 is 0. The second kappa shape index (κ2) is 7.76. The zero-order chi connectivity index (χ0) is 15.2. The minimum Gasteiger partial charge on any atom is -0.312 e. The summed E-state index contributed by atoms with van der Waals surface area (Å²) in [5, 5.41) is 3.54. The number of likely N-dealkylation sites (tertiary alicyclic amines) is 1. The second-order valence-corrected chi connectivity index (χ2v) is 8.55. The first-order chi connectivity index (χ1) is 9.33. The summed E-state index contributed by atoms with van der Waals surface area (Å²) < 4.78 is 23.0. The van der Waals surface area contributed by atoms with Gasteiger partial charge in [0.05, 0.1) is 5.75 Å². The molecule has 0 aliphatic carbocycles. The topological polar surface area (TPSA) is 49.4 Å². The minimum absolute atomic E-state index is 0.0567. The Morgan fingerprint density at radius 1 is 1.20 bits per heavy atom. The molecular weight excluding hydrogens is 272 g/mol. The van der Waals surface area contributed by atoms with E-state index in [9.17, 15) is 8.42 Å². The summed E-state index contributed by atoms with van der Waals surface area (Å²) in [7, 11) is -2.90. The zero-order valence-electron chi connectivity index (χ0n) is 13.6. The lowest BCUT2D eigenvalue weighted by Crippen LogP contribution is -2.60. The Bertz CT molecular complexity index is 377. The third-order valence-electron chi connectivity index (χ3n) is 4.77. The van der Waals surface area contributed by atoms with Crippen molar-refractivity contribution in [3.63, 3.8) is 0 Å². The van der Waals surface area contributed by atoms with Gasteiger partial charge in [0.15, 0.2) is 0 Å². The lowest BCUT2D eigenvalue weighted by Gasteiger charge is -2.48. The van der Waals surface area contributed by atoms with E-state index >= 15 is 0 Å². The largest absolute Gasteiger partial charge is 0.312 e. The Morgan fingerprint density at radius 2 is 1.80 bits per heavy atom. The van der Waals surface area contributed by atoms with E-state index in [1.807, 2.05) is 0 Å². The highest BCUT2D eigenvalue weighted by Crippen LogP contribution is 2.29. The van der Waals surface area contributed by atoms with Crippen LogP contribution in [-0.4, -0.2) is 56.5 Å². The van der Waals surface area contributed by atoms with Crippen LogP contribution in [0.5, 0.6) is 0 Å². The van der Waals surface area contributed by atoms with Crippen LogP contribution in [0.15, 0.2) is 0 Å². The molecule has 2 atom stereocenters. The summed E-state index contributed by atoms with van der Waals surface area (Å²) in [6.45, 7) is 9.79. The van der Waals surface area contributed by atoms with Gasteiger partial charge in [0.25, 0.3) is 0 Å². The van der Waals surface area contributed by atoms with Crippen molar-refractivity contribution in [3.05, 3.63) is 0 Å².